The molecule has 0 atom stereocenters. The predicted molar refractivity (Wildman–Crippen MR) is 207 cm³/mol. The molecule has 2 aromatic heterocycles. The van der Waals surface area contributed by atoms with Gasteiger partial charge in [-0.3, -0.25) is 4.79 Å². The Labute approximate surface area is 312 Å². The Morgan fingerprint density at radius 3 is 1.07 bits per heavy atom. The SMILES string of the molecule is Cc1cccc(-c2nc(C(=O)c3nc(-c4cccc(C)c4)nc(-c4cccc(Oc5ccccc5)c4)n3)nc(-c3cccc(Oc4ccccc4)c3)n2)c1. The molecule has 0 aliphatic rings. The number of ether oxygens (including phenoxy) is 2. The minimum absolute atomic E-state index is 0.112. The fraction of sp³-hybridized carbons (Fsp3) is 0.0444. The van der Waals surface area contributed by atoms with Gasteiger partial charge in [0.15, 0.2) is 23.3 Å². The molecule has 0 fully saturated rings. The van der Waals surface area contributed by atoms with Crippen LogP contribution in [0.3, 0.4) is 0 Å². The Kier molecular flexibility index (Phi) is 9.41. The van der Waals surface area contributed by atoms with Gasteiger partial charge in [0.1, 0.15) is 23.0 Å². The van der Waals surface area contributed by atoms with Gasteiger partial charge in [-0.15, -0.1) is 0 Å². The highest BCUT2D eigenvalue weighted by Gasteiger charge is 2.23. The van der Waals surface area contributed by atoms with Crippen molar-refractivity contribution >= 4 is 5.78 Å². The molecule has 0 aliphatic heterocycles. The fourth-order valence-electron chi connectivity index (χ4n) is 5.79. The maximum atomic E-state index is 14.6. The number of carbonyl (C=O) groups is 1. The predicted octanol–water partition coefficient (Wildman–Crippen LogP) is 10.2. The van der Waals surface area contributed by atoms with Gasteiger partial charge in [0.05, 0.1) is 0 Å². The summed E-state index contributed by atoms with van der Waals surface area (Å²) in [7, 11) is 0. The van der Waals surface area contributed by atoms with Crippen molar-refractivity contribution in [3.63, 3.8) is 0 Å². The van der Waals surface area contributed by atoms with E-state index in [2.05, 4.69) is 0 Å². The molecule has 0 saturated heterocycles. The molecule has 8 aromatic rings. The number of para-hydroxylation sites is 2. The molecule has 9 nitrogen and oxygen atoms in total. The first-order chi connectivity index (χ1) is 26.4. The summed E-state index contributed by atoms with van der Waals surface area (Å²) in [5.41, 5.74) is 4.78. The van der Waals surface area contributed by atoms with E-state index in [0.717, 1.165) is 22.3 Å². The van der Waals surface area contributed by atoms with Crippen molar-refractivity contribution in [2.45, 2.75) is 13.8 Å². The van der Waals surface area contributed by atoms with Gasteiger partial charge in [-0.1, -0.05) is 108 Å². The maximum Gasteiger partial charge on any atom is 0.267 e. The topological polar surface area (TPSA) is 113 Å². The van der Waals surface area contributed by atoms with E-state index < -0.39 is 5.78 Å². The second-order valence-corrected chi connectivity index (χ2v) is 12.6. The largest absolute Gasteiger partial charge is 0.457 e. The van der Waals surface area contributed by atoms with Crippen LogP contribution < -0.4 is 9.47 Å². The van der Waals surface area contributed by atoms with E-state index in [9.17, 15) is 4.79 Å². The molecule has 0 N–H and O–H groups in total. The van der Waals surface area contributed by atoms with E-state index >= 15 is 0 Å². The van der Waals surface area contributed by atoms with E-state index in [1.165, 1.54) is 0 Å². The minimum Gasteiger partial charge on any atom is -0.457 e. The Hall–Kier alpha value is -7.39. The molecule has 8 rings (SSSR count). The number of carbonyl (C=O) groups excluding carboxylic acids is 1. The van der Waals surface area contributed by atoms with Crippen LogP contribution in [0.1, 0.15) is 27.6 Å². The molecule has 0 unspecified atom stereocenters. The number of hydrogen-bond donors (Lipinski definition) is 0. The van der Waals surface area contributed by atoms with E-state index in [4.69, 9.17) is 39.4 Å². The van der Waals surface area contributed by atoms with E-state index in [1.807, 2.05) is 172 Å². The minimum atomic E-state index is -0.585. The Morgan fingerprint density at radius 1 is 0.370 bits per heavy atom. The Balaban J connectivity index is 1.24. The monoisotopic (exact) mass is 704 g/mol. The Bertz CT molecular complexity index is 2430. The van der Waals surface area contributed by atoms with Crippen molar-refractivity contribution in [2.75, 3.05) is 0 Å². The maximum absolute atomic E-state index is 14.6. The second kappa shape index (κ2) is 15.1. The highest BCUT2D eigenvalue weighted by molar-refractivity contribution is 6.04. The molecule has 2 heterocycles. The molecule has 0 saturated carbocycles. The van der Waals surface area contributed by atoms with Gasteiger partial charge in [0, 0.05) is 22.3 Å². The normalized spacial score (nSPS) is 10.9. The van der Waals surface area contributed by atoms with Gasteiger partial charge in [-0.05, 0) is 74.5 Å². The van der Waals surface area contributed by atoms with Crippen molar-refractivity contribution in [1.82, 2.24) is 29.9 Å². The lowest BCUT2D eigenvalue weighted by Gasteiger charge is -2.11. The van der Waals surface area contributed by atoms with Crippen molar-refractivity contribution in [3.05, 3.63) is 181 Å². The second-order valence-electron chi connectivity index (χ2n) is 12.6. The van der Waals surface area contributed by atoms with Crippen LogP contribution in [-0.4, -0.2) is 35.7 Å². The number of nitrogens with zero attached hydrogens (tertiary/aromatic N) is 6. The third-order valence-corrected chi connectivity index (χ3v) is 8.37. The summed E-state index contributed by atoms with van der Waals surface area (Å²) in [5.74, 6) is 3.00. The summed E-state index contributed by atoms with van der Waals surface area (Å²) in [6.45, 7) is 3.97. The average Bonchev–Trinajstić information content (AvgIpc) is 3.21. The molecule has 260 valence electrons. The zero-order valence-corrected chi connectivity index (χ0v) is 29.4. The number of aryl methyl sites for hydroxylation is 2. The van der Waals surface area contributed by atoms with Crippen LogP contribution in [-0.2, 0) is 0 Å². The first-order valence-electron chi connectivity index (χ1n) is 17.3. The Morgan fingerprint density at radius 2 is 0.704 bits per heavy atom. The molecular weight excluding hydrogens is 673 g/mol. The molecule has 0 aliphatic carbocycles. The lowest BCUT2D eigenvalue weighted by atomic mass is 10.1. The van der Waals surface area contributed by atoms with Crippen LogP contribution in [0, 0.1) is 13.8 Å². The van der Waals surface area contributed by atoms with Crippen LogP contribution in [0.4, 0.5) is 0 Å². The third-order valence-electron chi connectivity index (χ3n) is 8.37. The van der Waals surface area contributed by atoms with Gasteiger partial charge >= 0.3 is 0 Å². The average molecular weight is 705 g/mol. The summed E-state index contributed by atoms with van der Waals surface area (Å²) in [5, 5.41) is 0. The molecule has 0 bridgehead atoms. The lowest BCUT2D eigenvalue weighted by molar-refractivity contribution is 0.101. The zero-order chi connectivity index (χ0) is 36.9. The van der Waals surface area contributed by atoms with E-state index in [1.54, 1.807) is 0 Å². The molecule has 6 aromatic carbocycles. The van der Waals surface area contributed by atoms with Crippen molar-refractivity contribution in [1.29, 1.82) is 0 Å². The van der Waals surface area contributed by atoms with Crippen LogP contribution in [0.15, 0.2) is 158 Å². The van der Waals surface area contributed by atoms with Crippen LogP contribution in [0.2, 0.25) is 0 Å². The summed E-state index contributed by atoms with van der Waals surface area (Å²) in [4.78, 5) is 43.0. The van der Waals surface area contributed by atoms with Crippen molar-refractivity contribution < 1.29 is 14.3 Å². The third kappa shape index (κ3) is 7.75. The summed E-state index contributed by atoms with van der Waals surface area (Å²) >= 11 is 0. The van der Waals surface area contributed by atoms with Crippen LogP contribution >= 0.6 is 0 Å². The lowest BCUT2D eigenvalue weighted by Crippen LogP contribution is -2.15. The number of ketones is 1. The summed E-state index contributed by atoms with van der Waals surface area (Å²) in [6.07, 6.45) is 0. The van der Waals surface area contributed by atoms with Gasteiger partial charge in [-0.25, -0.2) is 29.9 Å². The van der Waals surface area contributed by atoms with Gasteiger partial charge in [-0.2, -0.15) is 0 Å². The highest BCUT2D eigenvalue weighted by atomic mass is 16.5. The van der Waals surface area contributed by atoms with Gasteiger partial charge in [0.2, 0.25) is 11.6 Å². The smallest absolute Gasteiger partial charge is 0.267 e. The number of aromatic nitrogens is 6. The summed E-state index contributed by atoms with van der Waals surface area (Å²) < 4.78 is 12.2. The fourth-order valence-corrected chi connectivity index (χ4v) is 5.79. The molecular formula is C45H32N6O3. The molecule has 0 amide bonds. The zero-order valence-electron chi connectivity index (χ0n) is 29.4. The first-order valence-corrected chi connectivity index (χ1v) is 17.3. The first kappa shape index (κ1) is 33.7. The number of rotatable bonds is 10. The summed E-state index contributed by atoms with van der Waals surface area (Å²) in [6, 6.07) is 49.3. The molecule has 0 spiro atoms. The molecule has 0 radical (unpaired) electrons. The van der Waals surface area contributed by atoms with Crippen molar-refractivity contribution in [2.24, 2.45) is 0 Å². The molecule has 9 heteroatoms. The van der Waals surface area contributed by atoms with Crippen LogP contribution in [0.5, 0.6) is 23.0 Å². The molecule has 54 heavy (non-hydrogen) atoms. The van der Waals surface area contributed by atoms with E-state index in [-0.39, 0.29) is 11.6 Å². The van der Waals surface area contributed by atoms with Crippen LogP contribution in [0.25, 0.3) is 45.6 Å². The quantitative estimate of drug-likeness (QED) is 0.128. The van der Waals surface area contributed by atoms with Crippen molar-refractivity contribution in [3.8, 4) is 68.5 Å². The van der Waals surface area contributed by atoms with Gasteiger partial charge < -0.3 is 9.47 Å². The standard InChI is InChI=1S/C45H32N6O3/c1-29-13-9-15-31(25-29)40-46-42(33-17-11-23-37(27-33)53-35-19-5-3-6-20-35)50-44(48-40)39(52)45-49-41(32-16-10-14-30(2)26-32)47-43(51-45)34-18-12-24-38(28-34)54-36-21-7-4-8-22-36/h3-28H,1-2H3. The number of benzene rings is 6. The highest BCUT2D eigenvalue weighted by Crippen LogP contribution is 2.30. The van der Waals surface area contributed by atoms with Gasteiger partial charge in [0.25, 0.3) is 5.78 Å². The number of hydrogen-bond acceptors (Lipinski definition) is 9. The van der Waals surface area contributed by atoms with E-state index in [0.29, 0.717) is 57.4 Å².